The van der Waals surface area contributed by atoms with Crippen LogP contribution < -0.4 is 5.32 Å². The summed E-state index contributed by atoms with van der Waals surface area (Å²) in [5, 5.41) is 3.26. The molecule has 0 aromatic rings. The number of hydrogen-bond donors (Lipinski definition) is 1. The number of carbonyl (C=O) groups is 2. The number of nitrogens with one attached hydrogen (secondary N) is 1. The zero-order chi connectivity index (χ0) is 13.9. The lowest BCUT2D eigenvalue weighted by Gasteiger charge is -2.33. The van der Waals surface area contributed by atoms with E-state index in [2.05, 4.69) is 5.32 Å². The van der Waals surface area contributed by atoms with Gasteiger partial charge in [0.1, 0.15) is 6.04 Å². The maximum Gasteiger partial charge on any atom is 0.245 e. The van der Waals surface area contributed by atoms with Gasteiger partial charge in [-0.05, 0) is 25.7 Å². The van der Waals surface area contributed by atoms with Crippen molar-refractivity contribution < 1.29 is 9.59 Å². The van der Waals surface area contributed by atoms with Crippen molar-refractivity contribution in [3.8, 4) is 0 Å². The van der Waals surface area contributed by atoms with Crippen LogP contribution in [0.3, 0.4) is 0 Å². The number of nitrogens with zero attached hydrogens (tertiary/aromatic N) is 2. The standard InChI is InChI=1S/C15H25N3O2.ClH/c19-14(12-4-1-2-5-12)18-9-3-6-13(18)15(20)17-10-7-16-8-11-17;/h12-13,16H,1-11H2;1H. The second kappa shape index (κ2) is 7.45. The summed E-state index contributed by atoms with van der Waals surface area (Å²) in [6.45, 7) is 4.07. The SMILES string of the molecule is Cl.O=C(C1CCCN1C(=O)C1CCCC1)N1CCNCC1. The van der Waals surface area contributed by atoms with Gasteiger partial charge in [-0.15, -0.1) is 12.4 Å². The predicted molar refractivity (Wildman–Crippen MR) is 83.4 cm³/mol. The van der Waals surface area contributed by atoms with Crippen LogP contribution in [0.2, 0.25) is 0 Å². The van der Waals surface area contributed by atoms with Crippen LogP contribution in [0.4, 0.5) is 0 Å². The van der Waals surface area contributed by atoms with Gasteiger partial charge in [0.25, 0.3) is 0 Å². The maximum atomic E-state index is 12.6. The minimum absolute atomic E-state index is 0. The zero-order valence-electron chi connectivity index (χ0n) is 12.6. The van der Waals surface area contributed by atoms with E-state index in [9.17, 15) is 9.59 Å². The second-order valence-electron chi connectivity index (χ2n) is 6.25. The largest absolute Gasteiger partial charge is 0.338 e. The molecule has 1 N–H and O–H groups in total. The zero-order valence-corrected chi connectivity index (χ0v) is 13.4. The molecular formula is C15H26ClN3O2. The van der Waals surface area contributed by atoms with Gasteiger partial charge < -0.3 is 15.1 Å². The summed E-state index contributed by atoms with van der Waals surface area (Å²) in [4.78, 5) is 29.0. The van der Waals surface area contributed by atoms with Crippen molar-refractivity contribution >= 4 is 24.2 Å². The van der Waals surface area contributed by atoms with E-state index in [1.54, 1.807) is 0 Å². The molecule has 6 heteroatoms. The van der Waals surface area contributed by atoms with Crippen LogP contribution in [-0.4, -0.2) is 60.4 Å². The van der Waals surface area contributed by atoms with E-state index >= 15 is 0 Å². The first-order valence-corrected chi connectivity index (χ1v) is 8.07. The van der Waals surface area contributed by atoms with Gasteiger partial charge in [0.15, 0.2) is 0 Å². The van der Waals surface area contributed by atoms with E-state index in [1.807, 2.05) is 9.80 Å². The van der Waals surface area contributed by atoms with E-state index in [0.29, 0.717) is 0 Å². The summed E-state index contributed by atoms with van der Waals surface area (Å²) in [6, 6.07) is -0.179. The summed E-state index contributed by atoms with van der Waals surface area (Å²) in [6.07, 6.45) is 6.19. The van der Waals surface area contributed by atoms with Gasteiger partial charge >= 0.3 is 0 Å². The number of rotatable bonds is 2. The number of piperazine rings is 1. The van der Waals surface area contributed by atoms with Gasteiger partial charge in [0, 0.05) is 38.6 Å². The molecular weight excluding hydrogens is 290 g/mol. The van der Waals surface area contributed by atoms with Crippen molar-refractivity contribution in [1.29, 1.82) is 0 Å². The molecule has 2 amide bonds. The van der Waals surface area contributed by atoms with Crippen molar-refractivity contribution in [2.24, 2.45) is 5.92 Å². The van der Waals surface area contributed by atoms with Crippen molar-refractivity contribution in [2.75, 3.05) is 32.7 Å². The third-order valence-electron chi connectivity index (χ3n) is 4.95. The summed E-state index contributed by atoms with van der Waals surface area (Å²) in [7, 11) is 0. The van der Waals surface area contributed by atoms with Crippen molar-refractivity contribution in [1.82, 2.24) is 15.1 Å². The molecule has 0 bridgehead atoms. The number of hydrogen-bond acceptors (Lipinski definition) is 3. The molecule has 120 valence electrons. The van der Waals surface area contributed by atoms with E-state index in [1.165, 1.54) is 12.8 Å². The normalized spacial score (nSPS) is 26.8. The molecule has 21 heavy (non-hydrogen) atoms. The topological polar surface area (TPSA) is 52.7 Å². The second-order valence-corrected chi connectivity index (χ2v) is 6.25. The summed E-state index contributed by atoms with van der Waals surface area (Å²) >= 11 is 0. The van der Waals surface area contributed by atoms with E-state index in [4.69, 9.17) is 0 Å². The Morgan fingerprint density at radius 1 is 0.857 bits per heavy atom. The van der Waals surface area contributed by atoms with Gasteiger partial charge in [-0.3, -0.25) is 9.59 Å². The molecule has 0 spiro atoms. The van der Waals surface area contributed by atoms with E-state index < -0.39 is 0 Å². The summed E-state index contributed by atoms with van der Waals surface area (Å²) < 4.78 is 0. The molecule has 0 aromatic heterocycles. The van der Waals surface area contributed by atoms with Crippen LogP contribution in [0.1, 0.15) is 38.5 Å². The molecule has 1 aliphatic carbocycles. The first-order valence-electron chi connectivity index (χ1n) is 8.07. The fraction of sp³-hybridized carbons (Fsp3) is 0.867. The van der Waals surface area contributed by atoms with Gasteiger partial charge in [0.2, 0.25) is 11.8 Å². The molecule has 2 aliphatic heterocycles. The number of amides is 2. The number of halogens is 1. The van der Waals surface area contributed by atoms with Crippen molar-refractivity contribution in [2.45, 2.75) is 44.6 Å². The Morgan fingerprint density at radius 3 is 2.19 bits per heavy atom. The van der Waals surface area contributed by atoms with Crippen LogP contribution in [0, 0.1) is 5.92 Å². The summed E-state index contributed by atoms with van der Waals surface area (Å²) in [5.41, 5.74) is 0. The Morgan fingerprint density at radius 2 is 1.52 bits per heavy atom. The van der Waals surface area contributed by atoms with Crippen molar-refractivity contribution in [3.05, 3.63) is 0 Å². The van der Waals surface area contributed by atoms with Gasteiger partial charge in [-0.25, -0.2) is 0 Å². The highest BCUT2D eigenvalue weighted by atomic mass is 35.5. The molecule has 3 aliphatic rings. The van der Waals surface area contributed by atoms with Gasteiger partial charge in [-0.1, -0.05) is 12.8 Å². The molecule has 1 saturated carbocycles. The van der Waals surface area contributed by atoms with Crippen LogP contribution >= 0.6 is 12.4 Å². The minimum Gasteiger partial charge on any atom is -0.338 e. The average Bonchev–Trinajstić information content (AvgIpc) is 3.18. The Labute approximate surface area is 132 Å². The Kier molecular flexibility index (Phi) is 5.88. The maximum absolute atomic E-state index is 12.6. The molecule has 0 aromatic carbocycles. The molecule has 3 fully saturated rings. The molecule has 5 nitrogen and oxygen atoms in total. The van der Waals surface area contributed by atoms with Gasteiger partial charge in [-0.2, -0.15) is 0 Å². The first-order chi connectivity index (χ1) is 9.77. The fourth-order valence-electron chi connectivity index (χ4n) is 3.79. The van der Waals surface area contributed by atoms with Crippen LogP contribution in [0.5, 0.6) is 0 Å². The fourth-order valence-corrected chi connectivity index (χ4v) is 3.79. The third kappa shape index (κ3) is 3.51. The Bertz CT molecular complexity index is 379. The Balaban J connectivity index is 0.00000161. The lowest BCUT2D eigenvalue weighted by atomic mass is 10.1. The van der Waals surface area contributed by atoms with Gasteiger partial charge in [0.05, 0.1) is 0 Å². The number of likely N-dealkylation sites (tertiary alicyclic amines) is 1. The average molecular weight is 316 g/mol. The van der Waals surface area contributed by atoms with Crippen LogP contribution in [0.15, 0.2) is 0 Å². The molecule has 3 rings (SSSR count). The highest BCUT2D eigenvalue weighted by molar-refractivity contribution is 5.89. The molecule has 1 atom stereocenters. The quantitative estimate of drug-likeness (QED) is 0.828. The lowest BCUT2D eigenvalue weighted by molar-refractivity contribution is -0.146. The van der Waals surface area contributed by atoms with Crippen molar-refractivity contribution in [3.63, 3.8) is 0 Å². The van der Waals surface area contributed by atoms with Crippen LogP contribution in [-0.2, 0) is 9.59 Å². The monoisotopic (exact) mass is 315 g/mol. The smallest absolute Gasteiger partial charge is 0.245 e. The summed E-state index contributed by atoms with van der Waals surface area (Å²) in [5.74, 6) is 0.607. The highest BCUT2D eigenvalue weighted by Crippen LogP contribution is 2.30. The third-order valence-corrected chi connectivity index (χ3v) is 4.95. The molecule has 1 unspecified atom stereocenters. The minimum atomic E-state index is -0.179. The molecule has 0 radical (unpaired) electrons. The highest BCUT2D eigenvalue weighted by Gasteiger charge is 2.39. The Hall–Kier alpha value is -0.810. The van der Waals surface area contributed by atoms with Crippen LogP contribution in [0.25, 0.3) is 0 Å². The molecule has 2 saturated heterocycles. The first kappa shape index (κ1) is 16.6. The van der Waals surface area contributed by atoms with E-state index in [0.717, 1.165) is 58.4 Å². The predicted octanol–water partition coefficient (Wildman–Crippen LogP) is 1.02. The number of carbonyl (C=O) groups excluding carboxylic acids is 2. The van der Waals surface area contributed by atoms with E-state index in [-0.39, 0.29) is 36.2 Å². The lowest BCUT2D eigenvalue weighted by Crippen LogP contribution is -2.54. The molecule has 2 heterocycles.